The molecular formula is C14H18. The van der Waals surface area contributed by atoms with Crippen LogP contribution in [0.1, 0.15) is 43.0 Å². The molecule has 1 aromatic carbocycles. The first-order valence-corrected chi connectivity index (χ1v) is 4.94. The molecule has 0 unspecified atom stereocenters. The highest BCUT2D eigenvalue weighted by molar-refractivity contribution is 5.48. The first kappa shape index (κ1) is 10.9. The molecule has 0 aliphatic heterocycles. The van der Waals surface area contributed by atoms with Gasteiger partial charge in [0.1, 0.15) is 0 Å². The van der Waals surface area contributed by atoms with Crippen LogP contribution in [0.15, 0.2) is 12.1 Å². The zero-order valence-electron chi connectivity index (χ0n) is 9.73. The normalized spacial score (nSPS) is 11.1. The monoisotopic (exact) mass is 186 g/mol. The van der Waals surface area contributed by atoms with Crippen molar-refractivity contribution in [3.8, 4) is 12.3 Å². The highest BCUT2D eigenvalue weighted by atomic mass is 14.2. The molecule has 0 atom stereocenters. The van der Waals surface area contributed by atoms with E-state index in [1.807, 2.05) is 0 Å². The molecule has 0 amide bonds. The molecule has 0 nitrogen and oxygen atoms in total. The SMILES string of the molecule is C#Cc1c(C)cc(C(C)(C)C)cc1C. The third-order valence-corrected chi connectivity index (χ3v) is 2.54. The smallest absolute Gasteiger partial charge is 0.0301 e. The van der Waals surface area contributed by atoms with E-state index in [2.05, 4.69) is 52.7 Å². The number of hydrogen-bond acceptors (Lipinski definition) is 0. The maximum atomic E-state index is 5.46. The van der Waals surface area contributed by atoms with Crippen molar-refractivity contribution in [3.05, 3.63) is 34.4 Å². The Morgan fingerprint density at radius 1 is 1.07 bits per heavy atom. The standard InChI is InChI=1S/C14H18/c1-7-13-10(2)8-12(9-11(13)3)14(4,5)6/h1,8-9H,2-6H3. The van der Waals surface area contributed by atoms with Crippen LogP contribution in [0.4, 0.5) is 0 Å². The van der Waals surface area contributed by atoms with E-state index in [1.165, 1.54) is 16.7 Å². The van der Waals surface area contributed by atoms with Gasteiger partial charge in [0.05, 0.1) is 0 Å². The summed E-state index contributed by atoms with van der Waals surface area (Å²) in [6, 6.07) is 4.39. The molecule has 0 spiro atoms. The van der Waals surface area contributed by atoms with Crippen LogP contribution >= 0.6 is 0 Å². The van der Waals surface area contributed by atoms with Gasteiger partial charge < -0.3 is 0 Å². The van der Waals surface area contributed by atoms with E-state index in [0.717, 1.165) is 5.56 Å². The summed E-state index contributed by atoms with van der Waals surface area (Å²) in [6.07, 6.45) is 5.46. The Morgan fingerprint density at radius 3 is 1.79 bits per heavy atom. The van der Waals surface area contributed by atoms with Crippen molar-refractivity contribution < 1.29 is 0 Å². The minimum atomic E-state index is 0.197. The lowest BCUT2D eigenvalue weighted by Gasteiger charge is -2.21. The number of rotatable bonds is 0. The average molecular weight is 186 g/mol. The van der Waals surface area contributed by atoms with Gasteiger partial charge in [-0.25, -0.2) is 0 Å². The fourth-order valence-corrected chi connectivity index (χ4v) is 1.62. The second-order valence-corrected chi connectivity index (χ2v) is 4.88. The van der Waals surface area contributed by atoms with E-state index in [1.54, 1.807) is 0 Å². The maximum absolute atomic E-state index is 5.46. The Balaban J connectivity index is 3.37. The van der Waals surface area contributed by atoms with Gasteiger partial charge in [-0.05, 0) is 36.0 Å². The van der Waals surface area contributed by atoms with Crippen molar-refractivity contribution >= 4 is 0 Å². The van der Waals surface area contributed by atoms with Gasteiger partial charge in [0.2, 0.25) is 0 Å². The van der Waals surface area contributed by atoms with Crippen LogP contribution in [0.2, 0.25) is 0 Å². The summed E-state index contributed by atoms with van der Waals surface area (Å²) in [6.45, 7) is 10.8. The Kier molecular flexibility index (Phi) is 2.71. The molecule has 0 fully saturated rings. The van der Waals surface area contributed by atoms with E-state index >= 15 is 0 Å². The fourth-order valence-electron chi connectivity index (χ4n) is 1.62. The highest BCUT2D eigenvalue weighted by Crippen LogP contribution is 2.26. The molecule has 1 aromatic rings. The highest BCUT2D eigenvalue weighted by Gasteiger charge is 2.15. The van der Waals surface area contributed by atoms with Crippen molar-refractivity contribution in [1.29, 1.82) is 0 Å². The molecular weight excluding hydrogens is 168 g/mol. The van der Waals surface area contributed by atoms with Crippen LogP contribution in [0.25, 0.3) is 0 Å². The molecule has 0 aromatic heterocycles. The average Bonchev–Trinajstić information content (AvgIpc) is 2.01. The summed E-state index contributed by atoms with van der Waals surface area (Å²) < 4.78 is 0. The number of terminal acetylenes is 1. The predicted molar refractivity (Wildman–Crippen MR) is 62.6 cm³/mol. The van der Waals surface area contributed by atoms with Crippen LogP contribution in [0.3, 0.4) is 0 Å². The molecule has 0 heteroatoms. The summed E-state index contributed by atoms with van der Waals surface area (Å²) in [4.78, 5) is 0. The summed E-state index contributed by atoms with van der Waals surface area (Å²) in [5.74, 6) is 2.74. The molecule has 0 aliphatic rings. The third kappa shape index (κ3) is 1.99. The molecule has 0 heterocycles. The number of aryl methyl sites for hydroxylation is 2. The van der Waals surface area contributed by atoms with Crippen molar-refractivity contribution in [1.82, 2.24) is 0 Å². The minimum Gasteiger partial charge on any atom is -0.115 e. The van der Waals surface area contributed by atoms with Crippen LogP contribution in [0.5, 0.6) is 0 Å². The van der Waals surface area contributed by atoms with E-state index < -0.39 is 0 Å². The summed E-state index contributed by atoms with van der Waals surface area (Å²) >= 11 is 0. The molecule has 0 saturated carbocycles. The van der Waals surface area contributed by atoms with Gasteiger partial charge in [-0.3, -0.25) is 0 Å². The van der Waals surface area contributed by atoms with Crippen LogP contribution < -0.4 is 0 Å². The van der Waals surface area contributed by atoms with Crippen molar-refractivity contribution in [3.63, 3.8) is 0 Å². The summed E-state index contributed by atoms with van der Waals surface area (Å²) in [5.41, 5.74) is 5.00. The number of hydrogen-bond donors (Lipinski definition) is 0. The molecule has 0 saturated heterocycles. The number of benzene rings is 1. The maximum Gasteiger partial charge on any atom is 0.0301 e. The predicted octanol–water partition coefficient (Wildman–Crippen LogP) is 3.58. The van der Waals surface area contributed by atoms with E-state index in [0.29, 0.717) is 0 Å². The lowest BCUT2D eigenvalue weighted by molar-refractivity contribution is 0.589. The summed E-state index contributed by atoms with van der Waals surface area (Å²) in [7, 11) is 0. The Bertz CT molecular complexity index is 360. The first-order valence-electron chi connectivity index (χ1n) is 4.94. The largest absolute Gasteiger partial charge is 0.115 e. The van der Waals surface area contributed by atoms with Crippen molar-refractivity contribution in [2.75, 3.05) is 0 Å². The van der Waals surface area contributed by atoms with Gasteiger partial charge in [0, 0.05) is 5.56 Å². The molecule has 0 bridgehead atoms. The lowest BCUT2D eigenvalue weighted by atomic mass is 9.84. The third-order valence-electron chi connectivity index (χ3n) is 2.54. The first-order chi connectivity index (χ1) is 6.36. The zero-order valence-corrected chi connectivity index (χ0v) is 9.73. The van der Waals surface area contributed by atoms with Gasteiger partial charge in [0.25, 0.3) is 0 Å². The second kappa shape index (κ2) is 3.50. The van der Waals surface area contributed by atoms with Crippen LogP contribution in [-0.4, -0.2) is 0 Å². The quantitative estimate of drug-likeness (QED) is 0.543. The fraction of sp³-hybridized carbons (Fsp3) is 0.429. The topological polar surface area (TPSA) is 0 Å². The lowest BCUT2D eigenvalue weighted by Crippen LogP contribution is -2.12. The van der Waals surface area contributed by atoms with Crippen LogP contribution in [0, 0.1) is 26.2 Å². The van der Waals surface area contributed by atoms with Crippen molar-refractivity contribution in [2.24, 2.45) is 0 Å². The molecule has 0 N–H and O–H groups in total. The zero-order chi connectivity index (χ0) is 10.9. The van der Waals surface area contributed by atoms with Gasteiger partial charge >= 0.3 is 0 Å². The van der Waals surface area contributed by atoms with Gasteiger partial charge in [0.15, 0.2) is 0 Å². The molecule has 0 aliphatic carbocycles. The van der Waals surface area contributed by atoms with Gasteiger partial charge in [-0.15, -0.1) is 6.42 Å². The molecule has 74 valence electrons. The van der Waals surface area contributed by atoms with Crippen LogP contribution in [-0.2, 0) is 5.41 Å². The molecule has 0 radical (unpaired) electrons. The van der Waals surface area contributed by atoms with Gasteiger partial charge in [-0.2, -0.15) is 0 Å². The summed E-state index contributed by atoms with van der Waals surface area (Å²) in [5, 5.41) is 0. The Morgan fingerprint density at radius 2 is 1.50 bits per heavy atom. The molecule has 1 rings (SSSR count). The Labute approximate surface area is 87.4 Å². The molecule has 14 heavy (non-hydrogen) atoms. The van der Waals surface area contributed by atoms with E-state index in [4.69, 9.17) is 6.42 Å². The van der Waals surface area contributed by atoms with E-state index in [9.17, 15) is 0 Å². The van der Waals surface area contributed by atoms with Gasteiger partial charge in [-0.1, -0.05) is 38.8 Å². The van der Waals surface area contributed by atoms with E-state index in [-0.39, 0.29) is 5.41 Å². The second-order valence-electron chi connectivity index (χ2n) is 4.88. The Hall–Kier alpha value is -1.22. The minimum absolute atomic E-state index is 0.197. The van der Waals surface area contributed by atoms with Crippen molar-refractivity contribution in [2.45, 2.75) is 40.0 Å².